The van der Waals surface area contributed by atoms with Crippen LogP contribution in [0.15, 0.2) is 18.2 Å². The Balaban J connectivity index is 2.45. The molecule has 0 saturated heterocycles. The first-order valence-electron chi connectivity index (χ1n) is 4.84. The van der Waals surface area contributed by atoms with E-state index in [4.69, 9.17) is 5.11 Å². The van der Waals surface area contributed by atoms with Crippen molar-refractivity contribution in [3.8, 4) is 5.75 Å². The standard InChI is InChI=1S/C10H10F3NO3/c11-4-7(15)5-2-1-3-6-8(5)17-10(12,13)9(16)14-6/h1-3,7,9,14-16H,4H2/t7-,9?/m1/s1. The number of anilines is 1. The highest BCUT2D eigenvalue weighted by Gasteiger charge is 2.46. The minimum Gasteiger partial charge on any atom is -0.427 e. The minimum absolute atomic E-state index is 0.0772. The molecular formula is C10H10F3NO3. The monoisotopic (exact) mass is 249 g/mol. The zero-order valence-electron chi connectivity index (χ0n) is 8.53. The number of aliphatic hydroxyl groups is 2. The molecule has 3 N–H and O–H groups in total. The van der Waals surface area contributed by atoms with E-state index in [2.05, 4.69) is 10.1 Å². The molecule has 94 valence electrons. The summed E-state index contributed by atoms with van der Waals surface area (Å²) in [4.78, 5) is 0. The predicted molar refractivity (Wildman–Crippen MR) is 52.6 cm³/mol. The minimum atomic E-state index is -3.83. The fourth-order valence-electron chi connectivity index (χ4n) is 1.55. The molecule has 0 radical (unpaired) electrons. The van der Waals surface area contributed by atoms with Crippen LogP contribution in [0.4, 0.5) is 18.9 Å². The summed E-state index contributed by atoms with van der Waals surface area (Å²) >= 11 is 0. The Morgan fingerprint density at radius 3 is 2.82 bits per heavy atom. The second kappa shape index (κ2) is 4.08. The van der Waals surface area contributed by atoms with Crippen LogP contribution in [0.3, 0.4) is 0 Å². The van der Waals surface area contributed by atoms with Crippen LogP contribution in [0.2, 0.25) is 0 Å². The van der Waals surface area contributed by atoms with E-state index in [1.807, 2.05) is 0 Å². The second-order valence-corrected chi connectivity index (χ2v) is 3.60. The summed E-state index contributed by atoms with van der Waals surface area (Å²) in [5, 5.41) is 20.5. The summed E-state index contributed by atoms with van der Waals surface area (Å²) in [5.41, 5.74) is -0.0162. The first-order valence-corrected chi connectivity index (χ1v) is 4.84. The molecule has 0 saturated carbocycles. The molecule has 1 heterocycles. The fourth-order valence-corrected chi connectivity index (χ4v) is 1.55. The average Bonchev–Trinajstić information content (AvgIpc) is 2.28. The maximum absolute atomic E-state index is 13.1. The zero-order valence-corrected chi connectivity index (χ0v) is 8.53. The molecule has 1 aromatic carbocycles. The van der Waals surface area contributed by atoms with E-state index in [0.29, 0.717) is 0 Å². The highest BCUT2D eigenvalue weighted by Crippen LogP contribution is 2.41. The lowest BCUT2D eigenvalue weighted by Gasteiger charge is -2.32. The largest absolute Gasteiger partial charge is 0.444 e. The Hall–Kier alpha value is -1.47. The van der Waals surface area contributed by atoms with E-state index in [-0.39, 0.29) is 17.0 Å². The number of rotatable bonds is 2. The molecule has 7 heteroatoms. The van der Waals surface area contributed by atoms with Gasteiger partial charge in [-0.25, -0.2) is 4.39 Å². The topological polar surface area (TPSA) is 61.7 Å². The number of aliphatic hydroxyl groups excluding tert-OH is 2. The fraction of sp³-hybridized carbons (Fsp3) is 0.400. The van der Waals surface area contributed by atoms with E-state index >= 15 is 0 Å². The van der Waals surface area contributed by atoms with Crippen LogP contribution in [0.5, 0.6) is 5.75 Å². The first kappa shape index (κ1) is 12.0. The molecule has 17 heavy (non-hydrogen) atoms. The van der Waals surface area contributed by atoms with Gasteiger partial charge in [0.15, 0.2) is 5.75 Å². The van der Waals surface area contributed by atoms with Crippen molar-refractivity contribution < 1.29 is 28.1 Å². The van der Waals surface area contributed by atoms with Gasteiger partial charge in [0, 0.05) is 5.56 Å². The predicted octanol–water partition coefficient (Wildman–Crippen LogP) is 1.40. The van der Waals surface area contributed by atoms with Crippen molar-refractivity contribution in [3.63, 3.8) is 0 Å². The number of para-hydroxylation sites is 1. The summed E-state index contributed by atoms with van der Waals surface area (Å²) in [5.74, 6) is -0.354. The molecule has 0 amide bonds. The van der Waals surface area contributed by atoms with Crippen molar-refractivity contribution >= 4 is 5.69 Å². The van der Waals surface area contributed by atoms with Crippen LogP contribution in [0, 0.1) is 0 Å². The molecule has 2 atom stereocenters. The van der Waals surface area contributed by atoms with Crippen LogP contribution >= 0.6 is 0 Å². The molecule has 1 aromatic rings. The number of fused-ring (bicyclic) bond motifs is 1. The summed E-state index contributed by atoms with van der Waals surface area (Å²) in [7, 11) is 0. The van der Waals surface area contributed by atoms with Gasteiger partial charge in [0.05, 0.1) is 5.69 Å². The SMILES string of the molecule is OC1Nc2cccc([C@H](O)CF)c2OC1(F)F. The number of benzene rings is 1. The van der Waals surface area contributed by atoms with Crippen molar-refractivity contribution in [2.24, 2.45) is 0 Å². The smallest absolute Gasteiger partial charge is 0.427 e. The third kappa shape index (κ3) is 2.03. The number of alkyl halides is 3. The van der Waals surface area contributed by atoms with Crippen molar-refractivity contribution in [2.45, 2.75) is 18.4 Å². The van der Waals surface area contributed by atoms with Gasteiger partial charge in [-0.2, -0.15) is 8.78 Å². The van der Waals surface area contributed by atoms with Gasteiger partial charge in [0.2, 0.25) is 6.23 Å². The number of nitrogens with one attached hydrogen (secondary N) is 1. The molecule has 1 aliphatic heterocycles. The lowest BCUT2D eigenvalue weighted by atomic mass is 10.1. The van der Waals surface area contributed by atoms with Gasteiger partial charge in [-0.05, 0) is 6.07 Å². The van der Waals surface area contributed by atoms with Crippen LogP contribution in [-0.2, 0) is 0 Å². The quantitative estimate of drug-likeness (QED) is 0.741. The maximum Gasteiger partial charge on any atom is 0.444 e. The molecule has 4 nitrogen and oxygen atoms in total. The lowest BCUT2D eigenvalue weighted by molar-refractivity contribution is -0.236. The number of halogens is 3. The van der Waals surface area contributed by atoms with Crippen molar-refractivity contribution in [1.82, 2.24) is 0 Å². The maximum atomic E-state index is 13.1. The van der Waals surface area contributed by atoms with Gasteiger partial charge in [-0.1, -0.05) is 12.1 Å². The van der Waals surface area contributed by atoms with Gasteiger partial charge in [0.1, 0.15) is 12.8 Å². The number of hydrogen-bond donors (Lipinski definition) is 3. The third-order valence-corrected chi connectivity index (χ3v) is 2.40. The van der Waals surface area contributed by atoms with Gasteiger partial charge in [-0.3, -0.25) is 0 Å². The Kier molecular flexibility index (Phi) is 2.88. The lowest BCUT2D eigenvalue weighted by Crippen LogP contribution is -2.47. The Labute approximate surface area is 94.6 Å². The van der Waals surface area contributed by atoms with E-state index < -0.39 is 25.1 Å². The average molecular weight is 249 g/mol. The van der Waals surface area contributed by atoms with Crippen LogP contribution in [-0.4, -0.2) is 29.2 Å². The number of hydrogen-bond acceptors (Lipinski definition) is 4. The molecule has 1 aliphatic rings. The highest BCUT2D eigenvalue weighted by atomic mass is 19.3. The Bertz CT molecular complexity index is 427. The molecule has 2 rings (SSSR count). The second-order valence-electron chi connectivity index (χ2n) is 3.60. The van der Waals surface area contributed by atoms with Gasteiger partial charge in [0.25, 0.3) is 0 Å². The van der Waals surface area contributed by atoms with E-state index in [0.717, 1.165) is 0 Å². The normalized spacial score (nSPS) is 23.2. The van der Waals surface area contributed by atoms with Crippen LogP contribution in [0.25, 0.3) is 0 Å². The highest BCUT2D eigenvalue weighted by molar-refractivity contribution is 5.62. The summed E-state index contributed by atoms with van der Waals surface area (Å²) in [6, 6.07) is 4.08. The molecule has 1 unspecified atom stereocenters. The number of ether oxygens (including phenoxy) is 1. The van der Waals surface area contributed by atoms with Crippen LogP contribution in [0.1, 0.15) is 11.7 Å². The van der Waals surface area contributed by atoms with Crippen molar-refractivity contribution in [2.75, 3.05) is 12.0 Å². The van der Waals surface area contributed by atoms with E-state index in [9.17, 15) is 18.3 Å². The molecular weight excluding hydrogens is 239 g/mol. The van der Waals surface area contributed by atoms with E-state index in [1.165, 1.54) is 18.2 Å². The van der Waals surface area contributed by atoms with Crippen molar-refractivity contribution in [3.05, 3.63) is 23.8 Å². The van der Waals surface area contributed by atoms with Gasteiger partial charge in [-0.15, -0.1) is 0 Å². The summed E-state index contributed by atoms with van der Waals surface area (Å²) in [6.07, 6.45) is -7.57. The Morgan fingerprint density at radius 1 is 1.47 bits per heavy atom. The van der Waals surface area contributed by atoms with Gasteiger partial charge < -0.3 is 20.3 Å². The van der Waals surface area contributed by atoms with Crippen LogP contribution < -0.4 is 10.1 Å². The Morgan fingerprint density at radius 2 is 2.18 bits per heavy atom. The molecule has 0 fully saturated rings. The molecule has 0 spiro atoms. The third-order valence-electron chi connectivity index (χ3n) is 2.40. The van der Waals surface area contributed by atoms with E-state index in [1.54, 1.807) is 0 Å². The summed E-state index contributed by atoms with van der Waals surface area (Å²) in [6.45, 7) is -1.12. The first-order chi connectivity index (χ1) is 7.95. The van der Waals surface area contributed by atoms with Crippen molar-refractivity contribution in [1.29, 1.82) is 0 Å². The molecule has 0 aromatic heterocycles. The zero-order chi connectivity index (χ0) is 12.6. The molecule has 0 bridgehead atoms. The summed E-state index contributed by atoms with van der Waals surface area (Å²) < 4.78 is 42.9. The molecule has 0 aliphatic carbocycles. The van der Waals surface area contributed by atoms with Gasteiger partial charge >= 0.3 is 6.11 Å².